The Hall–Kier alpha value is -2.75. The molecule has 0 aliphatic carbocycles. The van der Waals surface area contributed by atoms with Crippen LogP contribution in [0.4, 0.5) is 16.2 Å². The van der Waals surface area contributed by atoms with Gasteiger partial charge in [0.1, 0.15) is 18.5 Å². The Kier molecular flexibility index (Phi) is 8.78. The van der Waals surface area contributed by atoms with E-state index in [0.717, 1.165) is 4.90 Å². The quantitative estimate of drug-likeness (QED) is 0.440. The van der Waals surface area contributed by atoms with E-state index in [1.54, 1.807) is 42.5 Å². The molecule has 0 saturated carbocycles. The minimum atomic E-state index is -0.582. The highest BCUT2D eigenvalue weighted by molar-refractivity contribution is 8.00. The molecule has 0 fully saturated rings. The number of nitrogens with zero attached hydrogens (tertiary/aromatic N) is 1. The first-order chi connectivity index (χ1) is 13.8. The maximum atomic E-state index is 12.3. The lowest BCUT2D eigenvalue weighted by molar-refractivity contribution is -0.115. The van der Waals surface area contributed by atoms with E-state index < -0.39 is 18.0 Å². The molecular formula is C20H26N4O4S. The van der Waals surface area contributed by atoms with Crippen molar-refractivity contribution in [1.82, 2.24) is 4.90 Å². The maximum Gasteiger partial charge on any atom is 0.323 e. The topological polar surface area (TPSA) is 117 Å². The molecule has 0 aliphatic heterocycles. The average Bonchev–Trinajstić information content (AvgIpc) is 2.66. The number of hydrogen-bond acceptors (Lipinski definition) is 6. The number of amides is 3. The summed E-state index contributed by atoms with van der Waals surface area (Å²) in [6.45, 7) is 0.699. The highest BCUT2D eigenvalue weighted by Crippen LogP contribution is 2.27. The third-order valence-electron chi connectivity index (χ3n) is 3.64. The van der Waals surface area contributed by atoms with Crippen LogP contribution in [0.1, 0.15) is 0 Å². The number of carbonyl (C=O) groups is 2. The van der Waals surface area contributed by atoms with Crippen molar-refractivity contribution >= 4 is 35.1 Å². The molecule has 1 unspecified atom stereocenters. The first kappa shape index (κ1) is 22.5. The van der Waals surface area contributed by atoms with Crippen molar-refractivity contribution < 1.29 is 19.4 Å². The van der Waals surface area contributed by atoms with Gasteiger partial charge in [-0.05, 0) is 50.5 Å². The molecule has 3 amide bonds. The van der Waals surface area contributed by atoms with Crippen LogP contribution in [0.15, 0.2) is 53.4 Å². The summed E-state index contributed by atoms with van der Waals surface area (Å²) in [5, 5.41) is 15.3. The van der Waals surface area contributed by atoms with Crippen molar-refractivity contribution in [1.29, 1.82) is 0 Å². The lowest BCUT2D eigenvalue weighted by Crippen LogP contribution is -2.30. The number of carbonyl (C=O) groups excluding carboxylic acids is 2. The minimum Gasteiger partial charge on any atom is -0.491 e. The monoisotopic (exact) mass is 418 g/mol. The molecule has 1 atom stereocenters. The van der Waals surface area contributed by atoms with E-state index in [2.05, 4.69) is 10.6 Å². The van der Waals surface area contributed by atoms with E-state index in [1.807, 2.05) is 25.1 Å². The summed E-state index contributed by atoms with van der Waals surface area (Å²) in [6, 6.07) is 13.6. The molecular weight excluding hydrogens is 392 g/mol. The Bertz CT molecular complexity index is 814. The van der Waals surface area contributed by atoms with Crippen LogP contribution in [0.25, 0.3) is 0 Å². The third kappa shape index (κ3) is 8.43. The standard InChI is InChI=1S/C20H26N4O4S/c1-24(2)11-15(25)12-28-16-9-7-14(8-10-16)22-20(27)23-17-5-3-4-6-18(17)29-13-19(21)26/h3-10,15,25H,11-13H2,1-2H3,(H2,21,26)(H2,22,23,27). The van der Waals surface area contributed by atoms with Crippen LogP contribution in [0.2, 0.25) is 0 Å². The summed E-state index contributed by atoms with van der Waals surface area (Å²) in [6.07, 6.45) is -0.582. The van der Waals surface area contributed by atoms with Crippen molar-refractivity contribution in [2.24, 2.45) is 5.73 Å². The van der Waals surface area contributed by atoms with Gasteiger partial charge in [-0.3, -0.25) is 4.79 Å². The number of likely N-dealkylation sites (N-methyl/N-ethyl adjacent to an activating group) is 1. The lowest BCUT2D eigenvalue weighted by Gasteiger charge is -2.16. The van der Waals surface area contributed by atoms with Crippen molar-refractivity contribution in [2.75, 3.05) is 43.6 Å². The number of rotatable bonds is 10. The molecule has 5 N–H and O–H groups in total. The molecule has 156 valence electrons. The molecule has 8 nitrogen and oxygen atoms in total. The Balaban J connectivity index is 1.87. The van der Waals surface area contributed by atoms with Crippen LogP contribution < -0.4 is 21.1 Å². The van der Waals surface area contributed by atoms with Crippen molar-refractivity contribution in [3.8, 4) is 5.75 Å². The maximum absolute atomic E-state index is 12.3. The predicted molar refractivity (Wildman–Crippen MR) is 115 cm³/mol. The number of benzene rings is 2. The van der Waals surface area contributed by atoms with Gasteiger partial charge in [-0.15, -0.1) is 11.8 Å². The van der Waals surface area contributed by atoms with E-state index in [9.17, 15) is 14.7 Å². The number of para-hydroxylation sites is 1. The smallest absolute Gasteiger partial charge is 0.323 e. The third-order valence-corrected chi connectivity index (χ3v) is 4.73. The number of thioether (sulfide) groups is 1. The van der Waals surface area contributed by atoms with E-state index in [0.29, 0.717) is 23.7 Å². The number of nitrogens with one attached hydrogen (secondary N) is 2. The summed E-state index contributed by atoms with van der Waals surface area (Å²) < 4.78 is 5.54. The molecule has 29 heavy (non-hydrogen) atoms. The van der Waals surface area contributed by atoms with E-state index in [1.165, 1.54) is 11.8 Å². The molecule has 2 rings (SSSR count). The zero-order chi connectivity index (χ0) is 21.2. The summed E-state index contributed by atoms with van der Waals surface area (Å²) in [4.78, 5) is 25.9. The van der Waals surface area contributed by atoms with Gasteiger partial charge in [0.15, 0.2) is 0 Å². The number of ether oxygens (including phenoxy) is 1. The number of aliphatic hydroxyl groups excluding tert-OH is 1. The van der Waals surface area contributed by atoms with Crippen molar-refractivity contribution in [2.45, 2.75) is 11.0 Å². The number of hydrogen-bond donors (Lipinski definition) is 4. The molecule has 9 heteroatoms. The van der Waals surface area contributed by atoms with Crippen LogP contribution in [0.3, 0.4) is 0 Å². The number of anilines is 2. The number of nitrogens with two attached hydrogens (primary N) is 1. The second kappa shape index (κ2) is 11.3. The fraction of sp³-hybridized carbons (Fsp3) is 0.300. The Morgan fingerprint density at radius 3 is 2.48 bits per heavy atom. The summed E-state index contributed by atoms with van der Waals surface area (Å²) in [5.74, 6) is 0.304. The fourth-order valence-corrected chi connectivity index (χ4v) is 3.18. The fourth-order valence-electron chi connectivity index (χ4n) is 2.43. The van der Waals surface area contributed by atoms with Gasteiger partial charge in [0.25, 0.3) is 0 Å². The van der Waals surface area contributed by atoms with Gasteiger partial charge >= 0.3 is 6.03 Å². The molecule has 0 bridgehead atoms. The first-order valence-corrected chi connectivity index (χ1v) is 9.96. The normalized spacial score (nSPS) is 11.7. The molecule has 0 radical (unpaired) electrons. The average molecular weight is 419 g/mol. The van der Waals surface area contributed by atoms with E-state index in [4.69, 9.17) is 10.5 Å². The molecule has 0 spiro atoms. The zero-order valence-corrected chi connectivity index (χ0v) is 17.2. The van der Waals surface area contributed by atoms with E-state index >= 15 is 0 Å². The van der Waals surface area contributed by atoms with Gasteiger partial charge in [-0.25, -0.2) is 4.79 Å². The van der Waals surface area contributed by atoms with Crippen LogP contribution in [0, 0.1) is 0 Å². The largest absolute Gasteiger partial charge is 0.491 e. The molecule has 0 aliphatic rings. The molecule has 2 aromatic rings. The second-order valence-electron chi connectivity index (χ2n) is 6.58. The van der Waals surface area contributed by atoms with Crippen LogP contribution in [-0.2, 0) is 4.79 Å². The number of primary amides is 1. The minimum absolute atomic E-state index is 0.130. The predicted octanol–water partition coefficient (Wildman–Crippen LogP) is 2.21. The highest BCUT2D eigenvalue weighted by atomic mass is 32.2. The highest BCUT2D eigenvalue weighted by Gasteiger charge is 2.09. The number of aliphatic hydroxyl groups is 1. The van der Waals surface area contributed by atoms with Gasteiger partial charge in [0.05, 0.1) is 11.4 Å². The van der Waals surface area contributed by atoms with Gasteiger partial charge in [0.2, 0.25) is 5.91 Å². The van der Waals surface area contributed by atoms with Gasteiger partial charge in [0, 0.05) is 17.1 Å². The van der Waals surface area contributed by atoms with Crippen molar-refractivity contribution in [3.05, 3.63) is 48.5 Å². The molecule has 0 aromatic heterocycles. The van der Waals surface area contributed by atoms with Crippen LogP contribution >= 0.6 is 11.8 Å². The SMILES string of the molecule is CN(C)CC(O)COc1ccc(NC(=O)Nc2ccccc2SCC(N)=O)cc1. The molecule has 0 heterocycles. The summed E-state index contributed by atoms with van der Waals surface area (Å²) >= 11 is 1.26. The molecule has 0 saturated heterocycles. The van der Waals surface area contributed by atoms with Gasteiger partial charge < -0.3 is 31.1 Å². The van der Waals surface area contributed by atoms with Crippen molar-refractivity contribution in [3.63, 3.8) is 0 Å². The Morgan fingerprint density at radius 2 is 1.83 bits per heavy atom. The van der Waals surface area contributed by atoms with Gasteiger partial charge in [-0.1, -0.05) is 12.1 Å². The Morgan fingerprint density at radius 1 is 1.14 bits per heavy atom. The zero-order valence-electron chi connectivity index (χ0n) is 16.4. The van der Waals surface area contributed by atoms with Crippen LogP contribution in [0.5, 0.6) is 5.75 Å². The summed E-state index contributed by atoms with van der Waals surface area (Å²) in [7, 11) is 3.76. The molecule has 2 aromatic carbocycles. The lowest BCUT2D eigenvalue weighted by atomic mass is 10.3. The summed E-state index contributed by atoms with van der Waals surface area (Å²) in [5.41, 5.74) is 6.36. The first-order valence-electron chi connectivity index (χ1n) is 8.97. The van der Waals surface area contributed by atoms with Gasteiger partial charge in [-0.2, -0.15) is 0 Å². The van der Waals surface area contributed by atoms with E-state index in [-0.39, 0.29) is 12.4 Å². The number of urea groups is 1. The Labute approximate surface area is 174 Å². The second-order valence-corrected chi connectivity index (χ2v) is 7.60. The van der Waals surface area contributed by atoms with Crippen LogP contribution in [-0.4, -0.2) is 61.0 Å².